The summed E-state index contributed by atoms with van der Waals surface area (Å²) in [6.45, 7) is 3.98. The Morgan fingerprint density at radius 3 is 2.45 bits per heavy atom. The number of carbonyl (C=O) groups is 2. The van der Waals surface area contributed by atoms with Crippen LogP contribution in [-0.2, 0) is 16.2 Å². The largest absolute Gasteiger partial charge is 0.486 e. The molecule has 1 heterocycles. The number of hydrogen-bond donors (Lipinski definition) is 2. The number of aromatic nitrogens is 3. The lowest BCUT2D eigenvalue weighted by molar-refractivity contribution is -0.141. The smallest absolute Gasteiger partial charge is 0.326 e. The first-order chi connectivity index (χ1) is 15.8. The molecule has 0 radical (unpaired) electrons. The molecule has 10 heteroatoms. The summed E-state index contributed by atoms with van der Waals surface area (Å²) in [5, 5.41) is 21.5. The van der Waals surface area contributed by atoms with Gasteiger partial charge in [-0.25, -0.2) is 4.79 Å². The first kappa shape index (κ1) is 24.6. The van der Waals surface area contributed by atoms with Crippen LogP contribution in [0.5, 0.6) is 5.75 Å². The van der Waals surface area contributed by atoms with Gasteiger partial charge in [0.15, 0.2) is 11.0 Å². The van der Waals surface area contributed by atoms with Crippen LogP contribution >= 0.6 is 23.4 Å². The Morgan fingerprint density at radius 2 is 1.82 bits per heavy atom. The number of halogens is 1. The van der Waals surface area contributed by atoms with Crippen LogP contribution in [0.4, 0.5) is 0 Å². The number of carbonyl (C=O) groups excluding carboxylic acids is 1. The number of carboxylic acids is 1. The van der Waals surface area contributed by atoms with Crippen LogP contribution in [0.15, 0.2) is 59.8 Å². The standard InChI is InChI=1S/C23H25ClN4O4S/c1-15(2)12-19(22(30)31)25-21(29)14-33-23-27-26-20(28(23)17-6-4-3-5-7-17)13-32-18-10-8-16(24)9-11-18/h3-11,15,19H,12-14H2,1-2H3,(H,25,29)(H,30,31). The van der Waals surface area contributed by atoms with E-state index in [1.54, 1.807) is 24.3 Å². The molecule has 3 rings (SSSR count). The second-order valence-electron chi connectivity index (χ2n) is 7.69. The highest BCUT2D eigenvalue weighted by molar-refractivity contribution is 7.99. The lowest BCUT2D eigenvalue weighted by atomic mass is 10.0. The van der Waals surface area contributed by atoms with E-state index in [2.05, 4.69) is 15.5 Å². The summed E-state index contributed by atoms with van der Waals surface area (Å²) in [6.07, 6.45) is 0.359. The number of amides is 1. The van der Waals surface area contributed by atoms with Crippen LogP contribution < -0.4 is 10.1 Å². The van der Waals surface area contributed by atoms with Crippen LogP contribution in [0, 0.1) is 5.92 Å². The minimum Gasteiger partial charge on any atom is -0.486 e. The highest BCUT2D eigenvalue weighted by Crippen LogP contribution is 2.23. The summed E-state index contributed by atoms with van der Waals surface area (Å²) in [5.41, 5.74) is 0.823. The molecule has 1 amide bonds. The van der Waals surface area contributed by atoms with Gasteiger partial charge < -0.3 is 15.2 Å². The van der Waals surface area contributed by atoms with Gasteiger partial charge in [0.05, 0.1) is 5.75 Å². The summed E-state index contributed by atoms with van der Waals surface area (Å²) in [7, 11) is 0. The van der Waals surface area contributed by atoms with Crippen LogP contribution in [0.2, 0.25) is 5.02 Å². The normalized spacial score (nSPS) is 11.9. The van der Waals surface area contributed by atoms with Crippen molar-refractivity contribution in [3.8, 4) is 11.4 Å². The van der Waals surface area contributed by atoms with Gasteiger partial charge in [0.2, 0.25) is 5.91 Å². The molecule has 0 aliphatic heterocycles. The van der Waals surface area contributed by atoms with Crippen molar-refractivity contribution in [1.29, 1.82) is 0 Å². The minimum absolute atomic E-state index is 0.00484. The van der Waals surface area contributed by atoms with Gasteiger partial charge in [-0.05, 0) is 48.7 Å². The molecule has 33 heavy (non-hydrogen) atoms. The van der Waals surface area contributed by atoms with Crippen molar-refractivity contribution < 1.29 is 19.4 Å². The van der Waals surface area contributed by atoms with Crippen LogP contribution in [-0.4, -0.2) is 43.5 Å². The van der Waals surface area contributed by atoms with Crippen LogP contribution in [0.3, 0.4) is 0 Å². The zero-order chi connectivity index (χ0) is 23.8. The maximum atomic E-state index is 12.4. The zero-order valence-corrected chi connectivity index (χ0v) is 19.8. The molecule has 1 unspecified atom stereocenters. The van der Waals surface area contributed by atoms with E-state index in [1.165, 1.54) is 11.8 Å². The number of ether oxygens (including phenoxy) is 1. The Bertz CT molecular complexity index is 1070. The van der Waals surface area contributed by atoms with Crippen LogP contribution in [0.25, 0.3) is 5.69 Å². The second kappa shape index (κ2) is 11.7. The number of rotatable bonds is 11. The Balaban J connectivity index is 1.72. The van der Waals surface area contributed by atoms with Gasteiger partial charge in [-0.1, -0.05) is 55.4 Å². The fraction of sp³-hybridized carbons (Fsp3) is 0.304. The number of nitrogens with one attached hydrogen (secondary N) is 1. The quantitative estimate of drug-likeness (QED) is 0.389. The number of aliphatic carboxylic acids is 1. The lowest BCUT2D eigenvalue weighted by Gasteiger charge is -2.16. The predicted molar refractivity (Wildman–Crippen MR) is 127 cm³/mol. The van der Waals surface area contributed by atoms with E-state index in [0.29, 0.717) is 28.2 Å². The third-order valence-electron chi connectivity index (χ3n) is 4.57. The van der Waals surface area contributed by atoms with Crippen molar-refractivity contribution in [2.24, 2.45) is 5.92 Å². The molecule has 0 aliphatic carbocycles. The van der Waals surface area contributed by atoms with E-state index < -0.39 is 12.0 Å². The topological polar surface area (TPSA) is 106 Å². The molecule has 0 spiro atoms. The first-order valence-electron chi connectivity index (χ1n) is 10.4. The fourth-order valence-electron chi connectivity index (χ4n) is 3.06. The van der Waals surface area contributed by atoms with Crippen molar-refractivity contribution in [3.63, 3.8) is 0 Å². The van der Waals surface area contributed by atoms with Gasteiger partial charge in [0.1, 0.15) is 18.4 Å². The van der Waals surface area contributed by atoms with Gasteiger partial charge in [0.25, 0.3) is 0 Å². The summed E-state index contributed by atoms with van der Waals surface area (Å²) in [4.78, 5) is 23.8. The molecule has 0 fully saturated rings. The van der Waals surface area contributed by atoms with Crippen molar-refractivity contribution in [1.82, 2.24) is 20.1 Å². The molecule has 0 saturated heterocycles. The number of thioether (sulfide) groups is 1. The number of para-hydroxylation sites is 1. The summed E-state index contributed by atoms with van der Waals surface area (Å²) >= 11 is 7.10. The summed E-state index contributed by atoms with van der Waals surface area (Å²) in [6, 6.07) is 15.6. The molecule has 3 aromatic rings. The van der Waals surface area contributed by atoms with Gasteiger partial charge in [-0.2, -0.15) is 0 Å². The average Bonchev–Trinajstić information content (AvgIpc) is 3.20. The molecule has 2 N–H and O–H groups in total. The number of carboxylic acid groups (broad SMARTS) is 1. The van der Waals surface area contributed by atoms with Gasteiger partial charge in [-0.3, -0.25) is 9.36 Å². The maximum absolute atomic E-state index is 12.4. The molecule has 1 aromatic heterocycles. The lowest BCUT2D eigenvalue weighted by Crippen LogP contribution is -2.42. The van der Waals surface area contributed by atoms with Crippen molar-refractivity contribution in [3.05, 3.63) is 65.4 Å². The SMILES string of the molecule is CC(C)CC(NC(=O)CSc1nnc(COc2ccc(Cl)cc2)n1-c1ccccc1)C(=O)O. The third kappa shape index (κ3) is 7.23. The predicted octanol–water partition coefficient (Wildman–Crippen LogP) is 4.21. The Labute approximate surface area is 201 Å². The minimum atomic E-state index is -1.05. The Kier molecular flexibility index (Phi) is 8.73. The van der Waals surface area contributed by atoms with Gasteiger partial charge in [-0.15, -0.1) is 10.2 Å². The van der Waals surface area contributed by atoms with E-state index >= 15 is 0 Å². The highest BCUT2D eigenvalue weighted by Gasteiger charge is 2.22. The van der Waals surface area contributed by atoms with Gasteiger partial charge in [0, 0.05) is 10.7 Å². The molecule has 8 nitrogen and oxygen atoms in total. The molecule has 0 saturated carbocycles. The number of benzene rings is 2. The summed E-state index contributed by atoms with van der Waals surface area (Å²) < 4.78 is 7.64. The summed E-state index contributed by atoms with van der Waals surface area (Å²) in [5.74, 6) is -0.0813. The molecule has 2 aromatic carbocycles. The maximum Gasteiger partial charge on any atom is 0.326 e. The molecular weight excluding hydrogens is 464 g/mol. The molecule has 174 valence electrons. The molecule has 0 bridgehead atoms. The second-order valence-corrected chi connectivity index (χ2v) is 9.07. The monoisotopic (exact) mass is 488 g/mol. The third-order valence-corrected chi connectivity index (χ3v) is 5.75. The zero-order valence-electron chi connectivity index (χ0n) is 18.3. The van der Waals surface area contributed by atoms with E-state index in [4.69, 9.17) is 16.3 Å². The van der Waals surface area contributed by atoms with Crippen LogP contribution in [0.1, 0.15) is 26.1 Å². The molecule has 1 atom stereocenters. The molecular formula is C23H25ClN4O4S. The first-order valence-corrected chi connectivity index (χ1v) is 11.7. The van der Waals surface area contributed by atoms with E-state index in [1.807, 2.05) is 48.7 Å². The van der Waals surface area contributed by atoms with E-state index in [9.17, 15) is 14.7 Å². The van der Waals surface area contributed by atoms with Crippen molar-refractivity contribution in [2.45, 2.75) is 38.1 Å². The Hall–Kier alpha value is -3.04. The Morgan fingerprint density at radius 1 is 1.12 bits per heavy atom. The van der Waals surface area contributed by atoms with Crippen molar-refractivity contribution >= 4 is 35.2 Å². The highest BCUT2D eigenvalue weighted by atomic mass is 35.5. The van der Waals surface area contributed by atoms with Gasteiger partial charge >= 0.3 is 5.97 Å². The number of hydrogen-bond acceptors (Lipinski definition) is 6. The van der Waals surface area contributed by atoms with E-state index in [0.717, 1.165) is 5.69 Å². The molecule has 0 aliphatic rings. The van der Waals surface area contributed by atoms with E-state index in [-0.39, 0.29) is 24.2 Å². The van der Waals surface area contributed by atoms with Crippen molar-refractivity contribution in [2.75, 3.05) is 5.75 Å². The average molecular weight is 489 g/mol. The number of nitrogens with zero attached hydrogens (tertiary/aromatic N) is 3. The fourth-order valence-corrected chi connectivity index (χ4v) is 3.97.